The third-order valence-corrected chi connectivity index (χ3v) is 3.79. The quantitative estimate of drug-likeness (QED) is 0.804. The van der Waals surface area contributed by atoms with Crippen molar-refractivity contribution in [2.75, 3.05) is 0 Å². The molecule has 0 bridgehead atoms. The van der Waals surface area contributed by atoms with Crippen LogP contribution in [0.2, 0.25) is 0 Å². The third-order valence-electron chi connectivity index (χ3n) is 2.92. The molecular formula is C15H13N3O2S. The van der Waals surface area contributed by atoms with E-state index in [9.17, 15) is 4.79 Å². The number of benzene rings is 1. The Bertz CT molecular complexity index is 733. The van der Waals surface area contributed by atoms with Gasteiger partial charge in [-0.15, -0.1) is 11.3 Å². The van der Waals surface area contributed by atoms with Gasteiger partial charge in [0.05, 0.1) is 11.4 Å². The lowest BCUT2D eigenvalue weighted by molar-refractivity contribution is 0.0950. The van der Waals surface area contributed by atoms with Crippen molar-refractivity contribution in [3.8, 4) is 11.4 Å². The molecule has 3 rings (SSSR count). The van der Waals surface area contributed by atoms with Gasteiger partial charge in [-0.05, 0) is 18.4 Å². The summed E-state index contributed by atoms with van der Waals surface area (Å²) >= 11 is 1.39. The lowest BCUT2D eigenvalue weighted by Crippen LogP contribution is -2.21. The average Bonchev–Trinajstić information content (AvgIpc) is 3.17. The molecule has 0 unspecified atom stereocenters. The number of aryl methyl sites for hydroxylation is 1. The molecule has 0 aliphatic rings. The summed E-state index contributed by atoms with van der Waals surface area (Å²) in [5, 5.41) is 8.53. The van der Waals surface area contributed by atoms with Crippen molar-refractivity contribution in [3.05, 3.63) is 58.1 Å². The first-order chi connectivity index (χ1) is 10.2. The zero-order chi connectivity index (χ0) is 14.7. The lowest BCUT2D eigenvalue weighted by Gasteiger charge is -1.98. The fourth-order valence-corrected chi connectivity index (χ4v) is 2.44. The topological polar surface area (TPSA) is 68.0 Å². The minimum Gasteiger partial charge on any atom is -0.342 e. The first-order valence-electron chi connectivity index (χ1n) is 6.44. The SMILES string of the molecule is Cc1ccc(-c2noc(CNC(=O)c3cccs3)n2)cc1. The second kappa shape index (κ2) is 5.88. The molecule has 0 radical (unpaired) electrons. The molecule has 1 amide bonds. The van der Waals surface area contributed by atoms with Crippen molar-refractivity contribution >= 4 is 17.2 Å². The molecule has 0 aliphatic carbocycles. The number of nitrogens with zero attached hydrogens (tertiary/aromatic N) is 2. The normalized spacial score (nSPS) is 10.5. The highest BCUT2D eigenvalue weighted by molar-refractivity contribution is 7.12. The molecule has 0 fully saturated rings. The summed E-state index contributed by atoms with van der Waals surface area (Å²) in [4.78, 5) is 16.7. The molecule has 2 heterocycles. The number of carbonyl (C=O) groups is 1. The molecule has 106 valence electrons. The van der Waals surface area contributed by atoms with E-state index in [1.54, 1.807) is 6.07 Å². The summed E-state index contributed by atoms with van der Waals surface area (Å²) in [6, 6.07) is 11.5. The molecule has 0 saturated carbocycles. The smallest absolute Gasteiger partial charge is 0.261 e. The van der Waals surface area contributed by atoms with Gasteiger partial charge in [-0.2, -0.15) is 4.98 Å². The number of aromatic nitrogens is 2. The van der Waals surface area contributed by atoms with E-state index in [0.717, 1.165) is 5.56 Å². The van der Waals surface area contributed by atoms with Crippen LogP contribution in [-0.2, 0) is 6.54 Å². The number of carbonyl (C=O) groups excluding carboxylic acids is 1. The number of hydrogen-bond donors (Lipinski definition) is 1. The Kier molecular flexibility index (Phi) is 3.79. The minimum absolute atomic E-state index is 0.139. The van der Waals surface area contributed by atoms with Crippen molar-refractivity contribution in [2.45, 2.75) is 13.5 Å². The molecule has 1 aromatic carbocycles. The van der Waals surface area contributed by atoms with E-state index in [2.05, 4.69) is 15.5 Å². The van der Waals surface area contributed by atoms with Crippen LogP contribution in [0.25, 0.3) is 11.4 Å². The Morgan fingerprint density at radius 2 is 2.10 bits per heavy atom. The first-order valence-corrected chi connectivity index (χ1v) is 7.31. The highest BCUT2D eigenvalue weighted by Gasteiger charge is 2.11. The lowest BCUT2D eigenvalue weighted by atomic mass is 10.1. The second-order valence-electron chi connectivity index (χ2n) is 4.54. The predicted molar refractivity (Wildman–Crippen MR) is 80.0 cm³/mol. The summed E-state index contributed by atoms with van der Waals surface area (Å²) in [7, 11) is 0. The van der Waals surface area contributed by atoms with Crippen LogP contribution in [0, 0.1) is 6.92 Å². The molecule has 0 atom stereocenters. The van der Waals surface area contributed by atoms with Crippen molar-refractivity contribution in [3.63, 3.8) is 0 Å². The highest BCUT2D eigenvalue weighted by atomic mass is 32.1. The van der Waals surface area contributed by atoms with E-state index in [-0.39, 0.29) is 12.5 Å². The maximum absolute atomic E-state index is 11.8. The molecule has 2 aromatic heterocycles. The molecular weight excluding hydrogens is 286 g/mol. The van der Waals surface area contributed by atoms with Crippen LogP contribution in [0.3, 0.4) is 0 Å². The van der Waals surface area contributed by atoms with Crippen LogP contribution in [0.1, 0.15) is 21.1 Å². The van der Waals surface area contributed by atoms with Gasteiger partial charge in [-0.1, -0.05) is 41.1 Å². The minimum atomic E-state index is -0.139. The molecule has 0 aliphatic heterocycles. The summed E-state index contributed by atoms with van der Waals surface area (Å²) in [5.41, 5.74) is 2.06. The standard InChI is InChI=1S/C15H13N3O2S/c1-10-4-6-11(7-5-10)14-17-13(20-18-14)9-16-15(19)12-3-2-8-21-12/h2-8H,9H2,1H3,(H,16,19). The van der Waals surface area contributed by atoms with Gasteiger partial charge >= 0.3 is 0 Å². The molecule has 0 saturated heterocycles. The molecule has 6 heteroatoms. The van der Waals surface area contributed by atoms with Crippen LogP contribution in [0.15, 0.2) is 46.3 Å². The number of thiophene rings is 1. The first kappa shape index (κ1) is 13.5. The third kappa shape index (κ3) is 3.17. The monoisotopic (exact) mass is 299 g/mol. The fourth-order valence-electron chi connectivity index (χ4n) is 1.80. The number of amides is 1. The van der Waals surface area contributed by atoms with Crippen molar-refractivity contribution in [1.29, 1.82) is 0 Å². The molecule has 21 heavy (non-hydrogen) atoms. The van der Waals surface area contributed by atoms with E-state index in [0.29, 0.717) is 16.6 Å². The van der Waals surface area contributed by atoms with Crippen LogP contribution in [-0.4, -0.2) is 16.0 Å². The van der Waals surface area contributed by atoms with Gasteiger partial charge in [0.2, 0.25) is 11.7 Å². The van der Waals surface area contributed by atoms with Crippen LogP contribution < -0.4 is 5.32 Å². The summed E-state index contributed by atoms with van der Waals surface area (Å²) < 4.78 is 5.14. The van der Waals surface area contributed by atoms with Crippen molar-refractivity contribution in [2.24, 2.45) is 0 Å². The molecule has 5 nitrogen and oxygen atoms in total. The van der Waals surface area contributed by atoms with E-state index in [1.165, 1.54) is 16.9 Å². The van der Waals surface area contributed by atoms with Gasteiger partial charge in [0, 0.05) is 5.56 Å². The Hall–Kier alpha value is -2.47. The second-order valence-corrected chi connectivity index (χ2v) is 5.49. The van der Waals surface area contributed by atoms with Gasteiger partial charge in [0.1, 0.15) is 0 Å². The van der Waals surface area contributed by atoms with Gasteiger partial charge < -0.3 is 9.84 Å². The molecule has 0 spiro atoms. The maximum Gasteiger partial charge on any atom is 0.261 e. The Balaban J connectivity index is 1.65. The average molecular weight is 299 g/mol. The van der Waals surface area contributed by atoms with E-state index in [1.807, 2.05) is 42.6 Å². The summed E-state index contributed by atoms with van der Waals surface area (Å²) in [5.74, 6) is 0.769. The molecule has 1 N–H and O–H groups in total. The van der Waals surface area contributed by atoms with Crippen LogP contribution in [0.5, 0.6) is 0 Å². The van der Waals surface area contributed by atoms with Gasteiger partial charge in [0.15, 0.2) is 0 Å². The number of hydrogen-bond acceptors (Lipinski definition) is 5. The van der Waals surface area contributed by atoms with Crippen LogP contribution >= 0.6 is 11.3 Å². The number of rotatable bonds is 4. The largest absolute Gasteiger partial charge is 0.342 e. The van der Waals surface area contributed by atoms with Gasteiger partial charge in [0.25, 0.3) is 5.91 Å². The number of nitrogens with one attached hydrogen (secondary N) is 1. The zero-order valence-corrected chi connectivity index (χ0v) is 12.2. The maximum atomic E-state index is 11.8. The van der Waals surface area contributed by atoms with E-state index < -0.39 is 0 Å². The van der Waals surface area contributed by atoms with Crippen LogP contribution in [0.4, 0.5) is 0 Å². The van der Waals surface area contributed by atoms with Crippen molar-refractivity contribution < 1.29 is 9.32 Å². The highest BCUT2D eigenvalue weighted by Crippen LogP contribution is 2.16. The Labute approximate surface area is 125 Å². The Morgan fingerprint density at radius 1 is 1.29 bits per heavy atom. The van der Waals surface area contributed by atoms with E-state index >= 15 is 0 Å². The van der Waals surface area contributed by atoms with E-state index in [4.69, 9.17) is 4.52 Å². The molecule has 3 aromatic rings. The summed E-state index contributed by atoms with van der Waals surface area (Å²) in [6.07, 6.45) is 0. The summed E-state index contributed by atoms with van der Waals surface area (Å²) in [6.45, 7) is 2.24. The van der Waals surface area contributed by atoms with Crippen molar-refractivity contribution in [1.82, 2.24) is 15.5 Å². The zero-order valence-electron chi connectivity index (χ0n) is 11.4. The fraction of sp³-hybridized carbons (Fsp3) is 0.133. The predicted octanol–water partition coefficient (Wildman–Crippen LogP) is 3.04. The Morgan fingerprint density at radius 3 is 2.81 bits per heavy atom. The van der Waals surface area contributed by atoms with Gasteiger partial charge in [-0.3, -0.25) is 4.79 Å². The van der Waals surface area contributed by atoms with Gasteiger partial charge in [-0.25, -0.2) is 0 Å².